The molecule has 24 heavy (non-hydrogen) atoms. The van der Waals surface area contributed by atoms with Gasteiger partial charge in [-0.05, 0) is 37.1 Å². The van der Waals surface area contributed by atoms with Crippen LogP contribution in [-0.2, 0) is 4.79 Å². The zero-order chi connectivity index (χ0) is 17.6. The van der Waals surface area contributed by atoms with Crippen LogP contribution in [0.15, 0.2) is 23.3 Å². The van der Waals surface area contributed by atoms with Crippen LogP contribution in [0.3, 0.4) is 0 Å². The molecule has 0 fully saturated rings. The lowest BCUT2D eigenvalue weighted by molar-refractivity contribution is -0.121. The number of phenols is 1. The number of hydrazone groups is 1. The highest BCUT2D eigenvalue weighted by Crippen LogP contribution is 2.25. The summed E-state index contributed by atoms with van der Waals surface area (Å²) in [7, 11) is 0. The second kappa shape index (κ2) is 12.4. The van der Waals surface area contributed by atoms with E-state index in [9.17, 15) is 9.90 Å². The molecule has 0 aliphatic carbocycles. The van der Waals surface area contributed by atoms with Crippen LogP contribution in [0.1, 0.15) is 70.8 Å². The molecular formula is C19H30N2O3. The third-order valence-corrected chi connectivity index (χ3v) is 3.69. The molecule has 0 aliphatic rings. The number of unbranched alkanes of at least 4 members (excludes halogenated alkanes) is 6. The van der Waals surface area contributed by atoms with Crippen LogP contribution in [0.25, 0.3) is 0 Å². The molecule has 1 rings (SSSR count). The first-order valence-corrected chi connectivity index (χ1v) is 8.95. The maximum Gasteiger partial charge on any atom is 0.240 e. The Morgan fingerprint density at radius 3 is 2.54 bits per heavy atom. The Bertz CT molecular complexity index is 515. The molecular weight excluding hydrogens is 304 g/mol. The molecule has 0 aromatic heterocycles. The van der Waals surface area contributed by atoms with Crippen molar-refractivity contribution in [2.24, 2.45) is 5.10 Å². The normalized spacial score (nSPS) is 10.9. The van der Waals surface area contributed by atoms with E-state index in [0.717, 1.165) is 12.8 Å². The first kappa shape index (κ1) is 20.0. The number of carbonyl (C=O) groups is 1. The second-order valence-corrected chi connectivity index (χ2v) is 5.82. The molecule has 0 aliphatic heterocycles. The van der Waals surface area contributed by atoms with E-state index < -0.39 is 0 Å². The number of carbonyl (C=O) groups excluding carboxylic acids is 1. The van der Waals surface area contributed by atoms with Gasteiger partial charge in [0.15, 0.2) is 11.5 Å². The number of hydrogen-bond acceptors (Lipinski definition) is 4. The fraction of sp³-hybridized carbons (Fsp3) is 0.579. The molecule has 5 nitrogen and oxygen atoms in total. The molecule has 0 saturated heterocycles. The summed E-state index contributed by atoms with van der Waals surface area (Å²) in [6.07, 6.45) is 10.3. The van der Waals surface area contributed by atoms with Crippen molar-refractivity contribution < 1.29 is 14.6 Å². The molecule has 0 heterocycles. The summed E-state index contributed by atoms with van der Waals surface area (Å²) in [5.74, 6) is 0.433. The van der Waals surface area contributed by atoms with Gasteiger partial charge in [-0.25, -0.2) is 5.43 Å². The van der Waals surface area contributed by atoms with E-state index in [4.69, 9.17) is 4.74 Å². The van der Waals surface area contributed by atoms with Crippen LogP contribution in [0, 0.1) is 0 Å². The maximum atomic E-state index is 11.7. The highest BCUT2D eigenvalue weighted by molar-refractivity contribution is 5.83. The first-order valence-electron chi connectivity index (χ1n) is 8.95. The van der Waals surface area contributed by atoms with Crippen LogP contribution in [-0.4, -0.2) is 23.8 Å². The van der Waals surface area contributed by atoms with Gasteiger partial charge in [-0.1, -0.05) is 45.4 Å². The fourth-order valence-electron chi connectivity index (χ4n) is 2.37. The number of aromatic hydroxyl groups is 1. The molecule has 0 saturated carbocycles. The Morgan fingerprint density at radius 2 is 1.88 bits per heavy atom. The topological polar surface area (TPSA) is 70.9 Å². The second-order valence-electron chi connectivity index (χ2n) is 5.82. The monoisotopic (exact) mass is 334 g/mol. The lowest BCUT2D eigenvalue weighted by Gasteiger charge is -2.05. The van der Waals surface area contributed by atoms with Crippen molar-refractivity contribution in [1.29, 1.82) is 0 Å². The predicted molar refractivity (Wildman–Crippen MR) is 97.6 cm³/mol. The van der Waals surface area contributed by atoms with Crippen molar-refractivity contribution in [1.82, 2.24) is 5.43 Å². The average molecular weight is 334 g/mol. The Kier molecular flexibility index (Phi) is 10.3. The van der Waals surface area contributed by atoms with Crippen LogP contribution >= 0.6 is 0 Å². The molecule has 0 radical (unpaired) electrons. The minimum Gasteiger partial charge on any atom is -0.504 e. The zero-order valence-corrected chi connectivity index (χ0v) is 14.9. The van der Waals surface area contributed by atoms with E-state index in [1.54, 1.807) is 18.2 Å². The molecule has 1 aromatic rings. The molecule has 0 spiro atoms. The quantitative estimate of drug-likeness (QED) is 0.338. The van der Waals surface area contributed by atoms with Gasteiger partial charge >= 0.3 is 0 Å². The first-order chi connectivity index (χ1) is 11.7. The summed E-state index contributed by atoms with van der Waals surface area (Å²) in [6.45, 7) is 4.56. The van der Waals surface area contributed by atoms with Crippen molar-refractivity contribution in [2.45, 2.75) is 65.2 Å². The van der Waals surface area contributed by atoms with Gasteiger partial charge in [-0.2, -0.15) is 5.10 Å². The highest BCUT2D eigenvalue weighted by Gasteiger charge is 2.02. The Hall–Kier alpha value is -2.04. The summed E-state index contributed by atoms with van der Waals surface area (Å²) in [5.41, 5.74) is 3.22. The minimum absolute atomic E-state index is 0.0650. The minimum atomic E-state index is -0.0741. The Morgan fingerprint density at radius 1 is 1.17 bits per heavy atom. The smallest absolute Gasteiger partial charge is 0.240 e. The van der Waals surface area contributed by atoms with Gasteiger partial charge in [0.05, 0.1) is 12.8 Å². The van der Waals surface area contributed by atoms with E-state index in [2.05, 4.69) is 17.5 Å². The van der Waals surface area contributed by atoms with Crippen LogP contribution in [0.4, 0.5) is 0 Å². The SMILES string of the molecule is CCCCCCCCCC(=O)N/N=C/c1ccc(OCC)c(O)c1. The summed E-state index contributed by atoms with van der Waals surface area (Å²) >= 11 is 0. The number of rotatable bonds is 12. The number of amides is 1. The van der Waals surface area contributed by atoms with Crippen molar-refractivity contribution in [3.05, 3.63) is 23.8 Å². The van der Waals surface area contributed by atoms with Crippen LogP contribution in [0.2, 0.25) is 0 Å². The Balaban J connectivity index is 2.21. The molecule has 134 valence electrons. The number of nitrogens with zero attached hydrogens (tertiary/aromatic N) is 1. The lowest BCUT2D eigenvalue weighted by atomic mass is 10.1. The summed E-state index contributed by atoms with van der Waals surface area (Å²) in [4.78, 5) is 11.7. The maximum absolute atomic E-state index is 11.7. The van der Waals surface area contributed by atoms with Crippen molar-refractivity contribution in [2.75, 3.05) is 6.61 Å². The third kappa shape index (κ3) is 8.56. The van der Waals surface area contributed by atoms with E-state index in [1.807, 2.05) is 6.92 Å². The van der Waals surface area contributed by atoms with Gasteiger partial charge in [0, 0.05) is 6.42 Å². The number of nitrogens with one attached hydrogen (secondary N) is 1. The van der Waals surface area contributed by atoms with E-state index >= 15 is 0 Å². The van der Waals surface area contributed by atoms with Crippen LogP contribution < -0.4 is 10.2 Å². The number of benzene rings is 1. The largest absolute Gasteiger partial charge is 0.504 e. The number of phenolic OH excluding ortho intramolecular Hbond substituents is 1. The number of hydrogen-bond donors (Lipinski definition) is 2. The zero-order valence-electron chi connectivity index (χ0n) is 14.9. The highest BCUT2D eigenvalue weighted by atomic mass is 16.5. The van der Waals surface area contributed by atoms with Gasteiger partial charge in [-0.3, -0.25) is 4.79 Å². The molecule has 0 unspecified atom stereocenters. The van der Waals surface area contributed by atoms with Crippen molar-refractivity contribution >= 4 is 12.1 Å². The average Bonchev–Trinajstić information content (AvgIpc) is 2.56. The van der Waals surface area contributed by atoms with Crippen molar-refractivity contribution in [3.8, 4) is 11.5 Å². The molecule has 5 heteroatoms. The van der Waals surface area contributed by atoms with Crippen molar-refractivity contribution in [3.63, 3.8) is 0 Å². The fourth-order valence-corrected chi connectivity index (χ4v) is 2.37. The Labute approximate surface area is 145 Å². The van der Waals surface area contributed by atoms with Crippen LogP contribution in [0.5, 0.6) is 11.5 Å². The predicted octanol–water partition coefficient (Wildman–Crippen LogP) is 4.38. The summed E-state index contributed by atoms with van der Waals surface area (Å²) < 4.78 is 5.26. The lowest BCUT2D eigenvalue weighted by Crippen LogP contribution is -2.16. The van der Waals surface area contributed by atoms with Gasteiger partial charge in [0.25, 0.3) is 0 Å². The molecule has 0 bridgehead atoms. The van der Waals surface area contributed by atoms with E-state index in [1.165, 1.54) is 38.3 Å². The van der Waals surface area contributed by atoms with E-state index in [0.29, 0.717) is 24.3 Å². The summed E-state index contributed by atoms with van der Waals surface area (Å²) in [5, 5.41) is 13.7. The third-order valence-electron chi connectivity index (χ3n) is 3.69. The standard InChI is InChI=1S/C19H30N2O3/c1-3-5-6-7-8-9-10-11-19(23)21-20-15-16-12-13-18(24-4-2)17(22)14-16/h12-15,22H,3-11H2,1-2H3,(H,21,23)/b20-15+. The molecule has 0 atom stereocenters. The van der Waals surface area contributed by atoms with Gasteiger partial charge in [0.2, 0.25) is 5.91 Å². The van der Waals surface area contributed by atoms with Gasteiger partial charge < -0.3 is 9.84 Å². The number of ether oxygens (including phenoxy) is 1. The van der Waals surface area contributed by atoms with E-state index in [-0.39, 0.29) is 11.7 Å². The summed E-state index contributed by atoms with van der Waals surface area (Å²) in [6, 6.07) is 5.01. The van der Waals surface area contributed by atoms with Gasteiger partial charge in [0.1, 0.15) is 0 Å². The molecule has 2 N–H and O–H groups in total. The molecule has 1 aromatic carbocycles. The molecule has 1 amide bonds. The van der Waals surface area contributed by atoms with Gasteiger partial charge in [-0.15, -0.1) is 0 Å².